The molecule has 0 unspecified atom stereocenters. The van der Waals surface area contributed by atoms with Crippen molar-refractivity contribution in [3.8, 4) is 5.75 Å². The molecule has 1 aliphatic heterocycles. The van der Waals surface area contributed by atoms with E-state index in [9.17, 15) is 9.90 Å². The van der Waals surface area contributed by atoms with Crippen molar-refractivity contribution in [3.05, 3.63) is 59.9 Å². The van der Waals surface area contributed by atoms with Crippen LogP contribution in [0.2, 0.25) is 0 Å². The molecule has 1 aromatic carbocycles. The predicted octanol–water partition coefficient (Wildman–Crippen LogP) is 1.86. The summed E-state index contributed by atoms with van der Waals surface area (Å²) in [4.78, 5) is 20.8. The quantitative estimate of drug-likeness (QED) is 0.842. The molecule has 0 saturated carbocycles. The van der Waals surface area contributed by atoms with Gasteiger partial charge < -0.3 is 14.7 Å². The SMILES string of the molecule is Cc1ccccc1OC[C@@H](O)C(=O)N1CCCN(Cc2cccnc2)CC1. The Labute approximate surface area is 160 Å². The number of carbonyl (C=O) groups excluding carboxylic acids is 1. The number of hydrogen-bond donors (Lipinski definition) is 1. The van der Waals surface area contributed by atoms with Gasteiger partial charge in [-0.3, -0.25) is 14.7 Å². The molecule has 1 aromatic heterocycles. The molecule has 1 saturated heterocycles. The zero-order valence-corrected chi connectivity index (χ0v) is 15.8. The summed E-state index contributed by atoms with van der Waals surface area (Å²) in [6.07, 6.45) is 3.39. The summed E-state index contributed by atoms with van der Waals surface area (Å²) < 4.78 is 5.63. The summed E-state index contributed by atoms with van der Waals surface area (Å²) in [5.74, 6) is 0.440. The molecule has 3 rings (SSSR count). The van der Waals surface area contributed by atoms with Gasteiger partial charge in [-0.2, -0.15) is 0 Å². The monoisotopic (exact) mass is 369 g/mol. The first kappa shape index (κ1) is 19.3. The Morgan fingerprint density at radius 3 is 2.81 bits per heavy atom. The highest BCUT2D eigenvalue weighted by atomic mass is 16.5. The standard InChI is InChI=1S/C21H27N3O3/c1-17-6-2-3-8-20(17)27-16-19(25)21(26)24-11-5-10-23(12-13-24)15-18-7-4-9-22-14-18/h2-4,6-9,14,19,25H,5,10-13,15-16H2,1H3/t19-/m1/s1. The van der Waals surface area contributed by atoms with Crippen LogP contribution < -0.4 is 4.74 Å². The van der Waals surface area contributed by atoms with E-state index < -0.39 is 6.10 Å². The van der Waals surface area contributed by atoms with Crippen LogP contribution in [0.4, 0.5) is 0 Å². The van der Waals surface area contributed by atoms with E-state index >= 15 is 0 Å². The molecule has 27 heavy (non-hydrogen) atoms. The highest BCUT2D eigenvalue weighted by Gasteiger charge is 2.25. The molecule has 1 N–H and O–H groups in total. The number of para-hydroxylation sites is 1. The van der Waals surface area contributed by atoms with E-state index in [4.69, 9.17) is 4.74 Å². The highest BCUT2D eigenvalue weighted by molar-refractivity contribution is 5.80. The molecule has 144 valence electrons. The van der Waals surface area contributed by atoms with Gasteiger partial charge in [-0.1, -0.05) is 24.3 Å². The number of ether oxygens (including phenoxy) is 1. The Bertz CT molecular complexity index is 738. The van der Waals surface area contributed by atoms with Gasteiger partial charge in [0.25, 0.3) is 5.91 Å². The third kappa shape index (κ3) is 5.52. The van der Waals surface area contributed by atoms with E-state index in [1.807, 2.05) is 43.5 Å². The number of pyridine rings is 1. The minimum absolute atomic E-state index is 0.0282. The van der Waals surface area contributed by atoms with Crippen molar-refractivity contribution in [2.75, 3.05) is 32.8 Å². The first-order valence-corrected chi connectivity index (χ1v) is 9.40. The molecular formula is C21H27N3O3. The first-order valence-electron chi connectivity index (χ1n) is 9.40. The molecule has 0 radical (unpaired) electrons. The number of aliphatic hydroxyl groups excluding tert-OH is 1. The van der Waals surface area contributed by atoms with Gasteiger partial charge >= 0.3 is 0 Å². The minimum atomic E-state index is -1.14. The summed E-state index contributed by atoms with van der Waals surface area (Å²) in [5.41, 5.74) is 2.15. The number of amides is 1. The van der Waals surface area contributed by atoms with E-state index in [2.05, 4.69) is 16.0 Å². The molecule has 0 aliphatic carbocycles. The molecule has 1 fully saturated rings. The average Bonchev–Trinajstić information content (AvgIpc) is 2.93. The van der Waals surface area contributed by atoms with Gasteiger partial charge in [-0.15, -0.1) is 0 Å². The fourth-order valence-electron chi connectivity index (χ4n) is 3.27. The summed E-state index contributed by atoms with van der Waals surface area (Å²) in [6, 6.07) is 11.6. The summed E-state index contributed by atoms with van der Waals surface area (Å²) in [7, 11) is 0. The van der Waals surface area contributed by atoms with Crippen molar-refractivity contribution in [2.45, 2.75) is 26.0 Å². The summed E-state index contributed by atoms with van der Waals surface area (Å²) >= 11 is 0. The molecule has 0 spiro atoms. The minimum Gasteiger partial charge on any atom is -0.490 e. The number of aryl methyl sites for hydroxylation is 1. The molecule has 1 atom stereocenters. The van der Waals surface area contributed by atoms with Crippen LogP contribution in [0.1, 0.15) is 17.5 Å². The Hall–Kier alpha value is -2.44. The lowest BCUT2D eigenvalue weighted by Crippen LogP contribution is -2.43. The van der Waals surface area contributed by atoms with Gasteiger partial charge in [0, 0.05) is 45.1 Å². The molecule has 0 bridgehead atoms. The van der Waals surface area contributed by atoms with Gasteiger partial charge in [0.05, 0.1) is 0 Å². The molecule has 2 heterocycles. The fraction of sp³-hybridized carbons (Fsp3) is 0.429. The average molecular weight is 369 g/mol. The van der Waals surface area contributed by atoms with E-state index in [1.54, 1.807) is 11.1 Å². The maximum absolute atomic E-state index is 12.6. The van der Waals surface area contributed by atoms with Gasteiger partial charge in [0.1, 0.15) is 12.4 Å². The van der Waals surface area contributed by atoms with E-state index in [0.717, 1.165) is 31.6 Å². The maximum atomic E-state index is 12.6. The molecule has 1 amide bonds. The van der Waals surface area contributed by atoms with Gasteiger partial charge in [-0.25, -0.2) is 0 Å². The third-order valence-corrected chi connectivity index (χ3v) is 4.80. The van der Waals surface area contributed by atoms with Crippen molar-refractivity contribution in [2.24, 2.45) is 0 Å². The number of aromatic nitrogens is 1. The van der Waals surface area contributed by atoms with Crippen LogP contribution in [0, 0.1) is 6.92 Å². The second-order valence-corrected chi connectivity index (χ2v) is 6.91. The number of nitrogens with zero attached hydrogens (tertiary/aromatic N) is 3. The van der Waals surface area contributed by atoms with Crippen LogP contribution in [0.5, 0.6) is 5.75 Å². The van der Waals surface area contributed by atoms with Crippen molar-refractivity contribution < 1.29 is 14.6 Å². The second-order valence-electron chi connectivity index (χ2n) is 6.91. The van der Waals surface area contributed by atoms with Crippen molar-refractivity contribution in [1.82, 2.24) is 14.8 Å². The van der Waals surface area contributed by atoms with E-state index in [-0.39, 0.29) is 12.5 Å². The smallest absolute Gasteiger partial charge is 0.255 e. The number of aliphatic hydroxyl groups is 1. The zero-order valence-electron chi connectivity index (χ0n) is 15.8. The largest absolute Gasteiger partial charge is 0.490 e. The van der Waals surface area contributed by atoms with Crippen LogP contribution in [0.25, 0.3) is 0 Å². The van der Waals surface area contributed by atoms with Gasteiger partial charge in [-0.05, 0) is 36.6 Å². The van der Waals surface area contributed by atoms with Crippen LogP contribution in [0.3, 0.4) is 0 Å². The molecule has 2 aromatic rings. The summed E-state index contributed by atoms with van der Waals surface area (Å²) in [5, 5.41) is 10.3. The number of carbonyl (C=O) groups is 1. The van der Waals surface area contributed by atoms with Crippen LogP contribution >= 0.6 is 0 Å². The van der Waals surface area contributed by atoms with Crippen molar-refractivity contribution >= 4 is 5.91 Å². The van der Waals surface area contributed by atoms with Crippen LogP contribution in [-0.2, 0) is 11.3 Å². The van der Waals surface area contributed by atoms with E-state index in [0.29, 0.717) is 18.8 Å². The van der Waals surface area contributed by atoms with Gasteiger partial charge in [0.2, 0.25) is 0 Å². The Morgan fingerprint density at radius 2 is 2.04 bits per heavy atom. The number of benzene rings is 1. The fourth-order valence-corrected chi connectivity index (χ4v) is 3.27. The lowest BCUT2D eigenvalue weighted by atomic mass is 10.2. The normalized spacial score (nSPS) is 16.6. The highest BCUT2D eigenvalue weighted by Crippen LogP contribution is 2.17. The molecule has 6 heteroatoms. The zero-order chi connectivity index (χ0) is 19.1. The molecule has 1 aliphatic rings. The summed E-state index contributed by atoms with van der Waals surface area (Å²) in [6.45, 7) is 5.72. The topological polar surface area (TPSA) is 65.9 Å². The maximum Gasteiger partial charge on any atom is 0.255 e. The predicted molar refractivity (Wildman–Crippen MR) is 103 cm³/mol. The Kier molecular flexibility index (Phi) is 6.79. The Morgan fingerprint density at radius 1 is 1.19 bits per heavy atom. The molecule has 6 nitrogen and oxygen atoms in total. The second kappa shape index (κ2) is 9.48. The van der Waals surface area contributed by atoms with Crippen molar-refractivity contribution in [1.29, 1.82) is 0 Å². The molecular weight excluding hydrogens is 342 g/mol. The number of rotatable bonds is 6. The van der Waals surface area contributed by atoms with E-state index in [1.165, 1.54) is 5.56 Å². The third-order valence-electron chi connectivity index (χ3n) is 4.80. The van der Waals surface area contributed by atoms with Crippen LogP contribution in [0.15, 0.2) is 48.8 Å². The van der Waals surface area contributed by atoms with Gasteiger partial charge in [0.15, 0.2) is 6.10 Å². The van der Waals surface area contributed by atoms with Crippen molar-refractivity contribution in [3.63, 3.8) is 0 Å². The first-order chi connectivity index (χ1) is 13.1. The van der Waals surface area contributed by atoms with Crippen LogP contribution in [-0.4, -0.2) is 64.7 Å². The number of hydrogen-bond acceptors (Lipinski definition) is 5. The lowest BCUT2D eigenvalue weighted by Gasteiger charge is -2.24. The lowest BCUT2D eigenvalue weighted by molar-refractivity contribution is -0.141. The Balaban J connectivity index is 1.49.